The average Bonchev–Trinajstić information content (AvgIpc) is 2.36. The molecule has 1 saturated carbocycles. The zero-order valence-electron chi connectivity index (χ0n) is 12.7. The topological polar surface area (TPSA) is 69.6 Å². The molecule has 20 heavy (non-hydrogen) atoms. The zero-order valence-corrected chi connectivity index (χ0v) is 13.5. The van der Waals surface area contributed by atoms with Crippen molar-refractivity contribution >= 4 is 17.7 Å². The molecule has 1 fully saturated rings. The first-order valence-corrected chi connectivity index (χ1v) is 7.97. The summed E-state index contributed by atoms with van der Waals surface area (Å²) in [5.41, 5.74) is -0.272. The molecular weight excluding hydrogens is 278 g/mol. The highest BCUT2D eigenvalue weighted by molar-refractivity contribution is 6.21. The van der Waals surface area contributed by atoms with Crippen LogP contribution < -0.4 is 5.32 Å². The first-order chi connectivity index (χ1) is 9.21. The molecule has 1 rings (SSSR count). The number of carbonyl (C=O) groups is 1. The van der Waals surface area contributed by atoms with Crippen LogP contribution in [0, 0.1) is 11.3 Å². The Morgan fingerprint density at radius 2 is 1.85 bits per heavy atom. The number of nitrogens with one attached hydrogen (secondary N) is 1. The second kappa shape index (κ2) is 7.51. The fraction of sp³-hybridized carbons (Fsp3) is 0.933. The van der Waals surface area contributed by atoms with Crippen LogP contribution in [-0.2, 0) is 0 Å². The van der Waals surface area contributed by atoms with Crippen LogP contribution in [0.1, 0.15) is 59.3 Å². The van der Waals surface area contributed by atoms with Gasteiger partial charge in [0.05, 0.1) is 17.5 Å². The lowest BCUT2D eigenvalue weighted by molar-refractivity contribution is 0.0732. The van der Waals surface area contributed by atoms with Gasteiger partial charge >= 0.3 is 6.09 Å². The maximum absolute atomic E-state index is 11.0. The number of hydrogen-bond donors (Lipinski definition) is 3. The molecule has 0 saturated heterocycles. The van der Waals surface area contributed by atoms with Crippen LogP contribution in [-0.4, -0.2) is 33.8 Å². The van der Waals surface area contributed by atoms with Crippen LogP contribution in [0.2, 0.25) is 0 Å². The molecule has 0 bridgehead atoms. The molecule has 3 atom stereocenters. The lowest BCUT2D eigenvalue weighted by Crippen LogP contribution is -2.50. The first-order valence-electron chi connectivity index (χ1n) is 7.53. The Balaban J connectivity index is 2.69. The third-order valence-corrected chi connectivity index (χ3v) is 5.07. The first kappa shape index (κ1) is 17.6. The lowest BCUT2D eigenvalue weighted by Gasteiger charge is -2.36. The SMILES string of the molecule is CC(C)(C)C(Cl)[C@@H](O)[C@H](CC1CCCCC1)NC(=O)O. The summed E-state index contributed by atoms with van der Waals surface area (Å²) >= 11 is 6.32. The normalized spacial score (nSPS) is 22.1. The highest BCUT2D eigenvalue weighted by Gasteiger charge is 2.36. The molecule has 1 aliphatic rings. The smallest absolute Gasteiger partial charge is 0.404 e. The third-order valence-electron chi connectivity index (χ3n) is 4.16. The summed E-state index contributed by atoms with van der Waals surface area (Å²) in [6.07, 6.45) is 4.61. The standard InChI is InChI=1S/C15H28ClNO3/c1-15(2,3)13(16)12(18)11(17-14(19)20)9-10-7-5-4-6-8-10/h10-13,17-18H,4-9H2,1-3H3,(H,19,20)/t11-,12-,13?/m0/s1. The highest BCUT2D eigenvalue weighted by Crippen LogP contribution is 2.32. The number of hydrogen-bond acceptors (Lipinski definition) is 2. The fourth-order valence-electron chi connectivity index (χ4n) is 2.94. The minimum absolute atomic E-state index is 0.272. The maximum Gasteiger partial charge on any atom is 0.404 e. The van der Waals surface area contributed by atoms with Gasteiger partial charge in [-0.2, -0.15) is 0 Å². The van der Waals surface area contributed by atoms with E-state index in [1.54, 1.807) is 0 Å². The number of carboxylic acid groups (broad SMARTS) is 1. The Bertz CT molecular complexity index is 311. The molecule has 1 amide bonds. The number of rotatable bonds is 5. The second-order valence-electron chi connectivity index (χ2n) is 7.05. The van der Waals surface area contributed by atoms with E-state index in [1.165, 1.54) is 19.3 Å². The van der Waals surface area contributed by atoms with Crippen molar-refractivity contribution in [2.45, 2.75) is 76.8 Å². The Morgan fingerprint density at radius 3 is 2.30 bits per heavy atom. The predicted octanol–water partition coefficient (Wildman–Crippen LogP) is 3.61. The molecule has 0 aliphatic heterocycles. The van der Waals surface area contributed by atoms with Crippen molar-refractivity contribution in [1.29, 1.82) is 0 Å². The zero-order chi connectivity index (χ0) is 15.3. The van der Waals surface area contributed by atoms with Gasteiger partial charge in [-0.15, -0.1) is 11.6 Å². The van der Waals surface area contributed by atoms with E-state index in [1.807, 2.05) is 20.8 Å². The van der Waals surface area contributed by atoms with E-state index in [0.717, 1.165) is 12.8 Å². The van der Waals surface area contributed by atoms with Crippen molar-refractivity contribution in [3.05, 3.63) is 0 Å². The van der Waals surface area contributed by atoms with E-state index in [9.17, 15) is 9.90 Å². The van der Waals surface area contributed by atoms with Gasteiger partial charge in [0.25, 0.3) is 0 Å². The van der Waals surface area contributed by atoms with Crippen LogP contribution in [0.25, 0.3) is 0 Å². The lowest BCUT2D eigenvalue weighted by atomic mass is 9.80. The number of aliphatic hydroxyl groups excluding tert-OH is 1. The van der Waals surface area contributed by atoms with Crippen molar-refractivity contribution in [3.8, 4) is 0 Å². The Labute approximate surface area is 126 Å². The molecule has 0 spiro atoms. The molecule has 1 aliphatic carbocycles. The van der Waals surface area contributed by atoms with E-state index < -0.39 is 23.6 Å². The summed E-state index contributed by atoms with van der Waals surface area (Å²) in [5, 5.41) is 21.4. The molecule has 3 N–H and O–H groups in total. The Kier molecular flexibility index (Phi) is 6.59. The summed E-state index contributed by atoms with van der Waals surface area (Å²) in [6.45, 7) is 5.85. The fourth-order valence-corrected chi connectivity index (χ4v) is 3.12. The largest absolute Gasteiger partial charge is 0.465 e. The van der Waals surface area contributed by atoms with E-state index in [-0.39, 0.29) is 5.41 Å². The summed E-state index contributed by atoms with van der Waals surface area (Å²) in [7, 11) is 0. The molecule has 0 heterocycles. The van der Waals surface area contributed by atoms with Gasteiger partial charge in [-0.05, 0) is 17.8 Å². The van der Waals surface area contributed by atoms with Crippen LogP contribution in [0.4, 0.5) is 4.79 Å². The second-order valence-corrected chi connectivity index (χ2v) is 7.52. The van der Waals surface area contributed by atoms with E-state index >= 15 is 0 Å². The van der Waals surface area contributed by atoms with E-state index in [0.29, 0.717) is 12.3 Å². The molecule has 1 unspecified atom stereocenters. The van der Waals surface area contributed by atoms with E-state index in [4.69, 9.17) is 16.7 Å². The highest BCUT2D eigenvalue weighted by atomic mass is 35.5. The quantitative estimate of drug-likeness (QED) is 0.680. The van der Waals surface area contributed by atoms with Gasteiger partial charge in [0.2, 0.25) is 0 Å². The average molecular weight is 306 g/mol. The third kappa shape index (κ3) is 5.49. The molecular formula is C15H28ClNO3. The predicted molar refractivity (Wildman–Crippen MR) is 81.2 cm³/mol. The molecule has 4 nitrogen and oxygen atoms in total. The molecule has 118 valence electrons. The number of aliphatic hydroxyl groups is 1. The van der Waals surface area contributed by atoms with Gasteiger partial charge in [0.15, 0.2) is 0 Å². The van der Waals surface area contributed by atoms with Gasteiger partial charge in [-0.25, -0.2) is 4.79 Å². The minimum Gasteiger partial charge on any atom is -0.465 e. The van der Waals surface area contributed by atoms with Crippen molar-refractivity contribution < 1.29 is 15.0 Å². The number of amides is 1. The van der Waals surface area contributed by atoms with Gasteiger partial charge in [0, 0.05) is 0 Å². The maximum atomic E-state index is 11.0. The van der Waals surface area contributed by atoms with Gasteiger partial charge in [0.1, 0.15) is 0 Å². The van der Waals surface area contributed by atoms with Crippen LogP contribution >= 0.6 is 11.6 Å². The summed E-state index contributed by atoms with van der Waals surface area (Å²) in [5.74, 6) is 0.485. The van der Waals surface area contributed by atoms with Crippen molar-refractivity contribution in [2.75, 3.05) is 0 Å². The van der Waals surface area contributed by atoms with Gasteiger partial charge in [-0.1, -0.05) is 52.9 Å². The Morgan fingerprint density at radius 1 is 1.30 bits per heavy atom. The molecule has 0 aromatic carbocycles. The summed E-state index contributed by atoms with van der Waals surface area (Å²) < 4.78 is 0. The van der Waals surface area contributed by atoms with Crippen molar-refractivity contribution in [2.24, 2.45) is 11.3 Å². The van der Waals surface area contributed by atoms with Crippen LogP contribution in [0.3, 0.4) is 0 Å². The van der Waals surface area contributed by atoms with Crippen molar-refractivity contribution in [3.63, 3.8) is 0 Å². The molecule has 0 aromatic rings. The van der Waals surface area contributed by atoms with E-state index in [2.05, 4.69) is 5.32 Å². The Hall–Kier alpha value is -0.480. The monoisotopic (exact) mass is 305 g/mol. The van der Waals surface area contributed by atoms with Gasteiger partial charge in [-0.3, -0.25) is 0 Å². The number of alkyl halides is 1. The molecule has 0 aromatic heterocycles. The van der Waals surface area contributed by atoms with Crippen molar-refractivity contribution in [1.82, 2.24) is 5.32 Å². The van der Waals surface area contributed by atoms with Gasteiger partial charge < -0.3 is 15.5 Å². The summed E-state index contributed by atoms with van der Waals surface area (Å²) in [4.78, 5) is 11.0. The summed E-state index contributed by atoms with van der Waals surface area (Å²) in [6, 6.07) is -0.489. The molecule has 5 heteroatoms. The van der Waals surface area contributed by atoms with Crippen LogP contribution in [0.15, 0.2) is 0 Å². The minimum atomic E-state index is -1.09. The number of halogens is 1. The molecule has 0 radical (unpaired) electrons. The van der Waals surface area contributed by atoms with Crippen LogP contribution in [0.5, 0.6) is 0 Å².